The van der Waals surface area contributed by atoms with Crippen LogP contribution in [0.15, 0.2) is 16.6 Å². The third kappa shape index (κ3) is 3.27. The summed E-state index contributed by atoms with van der Waals surface area (Å²) in [6.07, 6.45) is 0.654. The molecule has 0 aliphatic heterocycles. The van der Waals surface area contributed by atoms with E-state index in [1.54, 1.807) is 6.07 Å². The number of hydrogen-bond acceptors (Lipinski definition) is 2. The molecule has 19 heavy (non-hydrogen) atoms. The fourth-order valence-corrected chi connectivity index (χ4v) is 2.50. The molecule has 0 aliphatic rings. The largest absolute Gasteiger partial charge is 0.380 e. The highest BCUT2D eigenvalue weighted by Crippen LogP contribution is 2.24. The first-order valence-corrected chi connectivity index (χ1v) is 7.48. The van der Waals surface area contributed by atoms with Crippen LogP contribution in [0.2, 0.25) is 0 Å². The number of hydrogen-bond donors (Lipinski definition) is 0. The third-order valence-electron chi connectivity index (χ3n) is 2.85. The van der Waals surface area contributed by atoms with Gasteiger partial charge in [0, 0.05) is 31.5 Å². The first-order valence-electron chi connectivity index (χ1n) is 6.15. The van der Waals surface area contributed by atoms with Gasteiger partial charge in [-0.05, 0) is 28.9 Å². The Morgan fingerprint density at radius 2 is 2.26 bits per heavy atom. The summed E-state index contributed by atoms with van der Waals surface area (Å²) in [4.78, 5) is 4.51. The van der Waals surface area contributed by atoms with Crippen LogP contribution in [0, 0.1) is 5.82 Å². The molecule has 0 fully saturated rings. The molecule has 0 aliphatic carbocycles. The van der Waals surface area contributed by atoms with Crippen molar-refractivity contribution < 1.29 is 9.13 Å². The average Bonchev–Trinajstić information content (AvgIpc) is 2.69. The Kier molecular flexibility index (Phi) is 5.19. The van der Waals surface area contributed by atoms with E-state index in [-0.39, 0.29) is 5.82 Å². The highest BCUT2D eigenvalue weighted by molar-refractivity contribution is 9.10. The minimum absolute atomic E-state index is 0.289. The first kappa shape index (κ1) is 14.8. The summed E-state index contributed by atoms with van der Waals surface area (Å²) >= 11 is 8.97. The van der Waals surface area contributed by atoms with E-state index in [9.17, 15) is 4.39 Å². The summed E-state index contributed by atoms with van der Waals surface area (Å²) in [5, 5.41) is 0. The van der Waals surface area contributed by atoms with E-state index in [1.165, 1.54) is 6.07 Å². The SMILES string of the molecule is CCOCCn1c(CCCl)nc2cc(Br)c(F)cc21. The van der Waals surface area contributed by atoms with E-state index in [1.807, 2.05) is 11.5 Å². The van der Waals surface area contributed by atoms with Gasteiger partial charge in [0.2, 0.25) is 0 Å². The second-order valence-corrected chi connectivity index (χ2v) is 5.30. The van der Waals surface area contributed by atoms with Crippen molar-refractivity contribution in [3.63, 3.8) is 0 Å². The third-order valence-corrected chi connectivity index (χ3v) is 3.65. The smallest absolute Gasteiger partial charge is 0.139 e. The van der Waals surface area contributed by atoms with Gasteiger partial charge in [0.25, 0.3) is 0 Å². The molecule has 0 saturated carbocycles. The van der Waals surface area contributed by atoms with Crippen LogP contribution >= 0.6 is 27.5 Å². The van der Waals surface area contributed by atoms with Gasteiger partial charge >= 0.3 is 0 Å². The molecule has 104 valence electrons. The van der Waals surface area contributed by atoms with Gasteiger partial charge in [-0.15, -0.1) is 11.6 Å². The number of imidazole rings is 1. The van der Waals surface area contributed by atoms with Gasteiger partial charge in [-0.3, -0.25) is 0 Å². The summed E-state index contributed by atoms with van der Waals surface area (Å²) in [5.74, 6) is 1.06. The zero-order valence-electron chi connectivity index (χ0n) is 10.6. The molecule has 0 unspecified atom stereocenters. The lowest BCUT2D eigenvalue weighted by Gasteiger charge is -2.08. The van der Waals surface area contributed by atoms with E-state index in [2.05, 4.69) is 20.9 Å². The number of alkyl halides is 1. The fourth-order valence-electron chi connectivity index (χ4n) is 2.00. The molecular weight excluding hydrogens is 335 g/mol. The normalized spacial score (nSPS) is 11.4. The van der Waals surface area contributed by atoms with E-state index in [0.29, 0.717) is 36.5 Å². The maximum absolute atomic E-state index is 13.7. The maximum Gasteiger partial charge on any atom is 0.139 e. The number of rotatable bonds is 6. The highest BCUT2D eigenvalue weighted by Gasteiger charge is 2.13. The summed E-state index contributed by atoms with van der Waals surface area (Å²) in [6, 6.07) is 3.19. The molecule has 0 spiro atoms. The van der Waals surface area contributed by atoms with Gasteiger partial charge in [0.15, 0.2) is 0 Å². The topological polar surface area (TPSA) is 27.1 Å². The lowest BCUT2D eigenvalue weighted by molar-refractivity contribution is 0.139. The lowest BCUT2D eigenvalue weighted by atomic mass is 10.3. The molecular formula is C13H15BrClFN2O. The molecule has 2 aromatic rings. The maximum atomic E-state index is 13.7. The van der Waals surface area contributed by atoms with Crippen LogP contribution in [0.1, 0.15) is 12.7 Å². The van der Waals surface area contributed by atoms with Crippen LogP contribution in [0.25, 0.3) is 11.0 Å². The number of halogens is 3. The number of nitrogens with zero attached hydrogens (tertiary/aromatic N) is 2. The summed E-state index contributed by atoms with van der Waals surface area (Å²) in [5.41, 5.74) is 1.55. The molecule has 1 heterocycles. The number of aromatic nitrogens is 2. The molecule has 1 aromatic heterocycles. The zero-order chi connectivity index (χ0) is 13.8. The molecule has 0 saturated heterocycles. The average molecular weight is 350 g/mol. The molecule has 3 nitrogen and oxygen atoms in total. The van der Waals surface area contributed by atoms with Crippen LogP contribution in [0.4, 0.5) is 4.39 Å². The van der Waals surface area contributed by atoms with Crippen molar-refractivity contribution in [2.45, 2.75) is 19.9 Å². The molecule has 0 atom stereocenters. The summed E-state index contributed by atoms with van der Waals surface area (Å²) < 4.78 is 21.4. The fraction of sp³-hybridized carbons (Fsp3) is 0.462. The second-order valence-electron chi connectivity index (χ2n) is 4.07. The molecule has 2 rings (SSSR count). The standard InChI is InChI=1S/C13H15BrClFN2O/c1-2-19-6-5-18-12-8-10(16)9(14)7-11(12)17-13(18)3-4-15/h7-8H,2-6H2,1H3. The predicted molar refractivity (Wildman–Crippen MR) is 78.3 cm³/mol. The highest BCUT2D eigenvalue weighted by atomic mass is 79.9. The monoisotopic (exact) mass is 348 g/mol. The van der Waals surface area contributed by atoms with Crippen molar-refractivity contribution in [3.8, 4) is 0 Å². The van der Waals surface area contributed by atoms with Crippen molar-refractivity contribution in [2.75, 3.05) is 19.1 Å². The Hall–Kier alpha value is -0.650. The number of benzene rings is 1. The van der Waals surface area contributed by atoms with Gasteiger partial charge in [0.05, 0.1) is 22.1 Å². The molecule has 0 radical (unpaired) electrons. The van der Waals surface area contributed by atoms with Crippen molar-refractivity contribution in [1.82, 2.24) is 9.55 Å². The first-order chi connectivity index (χ1) is 9.17. The van der Waals surface area contributed by atoms with E-state index in [0.717, 1.165) is 16.9 Å². The van der Waals surface area contributed by atoms with E-state index < -0.39 is 0 Å². The van der Waals surface area contributed by atoms with Gasteiger partial charge in [0.1, 0.15) is 11.6 Å². The number of aryl methyl sites for hydroxylation is 1. The van der Waals surface area contributed by atoms with E-state index in [4.69, 9.17) is 16.3 Å². The summed E-state index contributed by atoms with van der Waals surface area (Å²) in [7, 11) is 0. The Bertz CT molecular complexity index is 573. The van der Waals surface area contributed by atoms with Crippen molar-refractivity contribution in [3.05, 3.63) is 28.2 Å². The van der Waals surface area contributed by atoms with Gasteiger partial charge in [-0.25, -0.2) is 9.37 Å². The minimum Gasteiger partial charge on any atom is -0.380 e. The summed E-state index contributed by atoms with van der Waals surface area (Å²) in [6.45, 7) is 3.84. The molecule has 0 amide bonds. The molecule has 0 N–H and O–H groups in total. The van der Waals surface area contributed by atoms with Crippen LogP contribution in [-0.4, -0.2) is 28.6 Å². The molecule has 6 heteroatoms. The lowest BCUT2D eigenvalue weighted by Crippen LogP contribution is -2.10. The van der Waals surface area contributed by atoms with Gasteiger partial charge < -0.3 is 9.30 Å². The second kappa shape index (κ2) is 6.68. The van der Waals surface area contributed by atoms with E-state index >= 15 is 0 Å². The zero-order valence-corrected chi connectivity index (χ0v) is 13.0. The van der Waals surface area contributed by atoms with Gasteiger partial charge in [-0.1, -0.05) is 0 Å². The molecule has 0 bridgehead atoms. The van der Waals surface area contributed by atoms with Crippen molar-refractivity contribution in [1.29, 1.82) is 0 Å². The van der Waals surface area contributed by atoms with Crippen LogP contribution in [0.5, 0.6) is 0 Å². The van der Waals surface area contributed by atoms with Crippen LogP contribution in [0.3, 0.4) is 0 Å². The number of fused-ring (bicyclic) bond motifs is 1. The predicted octanol–water partition coefficient (Wildman–Crippen LogP) is 3.76. The number of ether oxygens (including phenoxy) is 1. The Morgan fingerprint density at radius 1 is 1.47 bits per heavy atom. The quantitative estimate of drug-likeness (QED) is 0.586. The van der Waals surface area contributed by atoms with Gasteiger partial charge in [-0.2, -0.15) is 0 Å². The van der Waals surface area contributed by atoms with Crippen LogP contribution < -0.4 is 0 Å². The Balaban J connectivity index is 2.43. The Labute approximate surface area is 124 Å². The Morgan fingerprint density at radius 3 is 2.95 bits per heavy atom. The molecule has 1 aromatic carbocycles. The van der Waals surface area contributed by atoms with Crippen molar-refractivity contribution >= 4 is 38.6 Å². The van der Waals surface area contributed by atoms with Crippen LogP contribution in [-0.2, 0) is 17.7 Å². The van der Waals surface area contributed by atoms with Crippen molar-refractivity contribution in [2.24, 2.45) is 0 Å². The minimum atomic E-state index is -0.289.